The summed E-state index contributed by atoms with van der Waals surface area (Å²) < 4.78 is 5.97. The van der Waals surface area contributed by atoms with E-state index in [0.29, 0.717) is 6.61 Å². The van der Waals surface area contributed by atoms with Crippen LogP contribution in [0, 0.1) is 6.92 Å². The van der Waals surface area contributed by atoms with Crippen molar-refractivity contribution in [1.29, 1.82) is 0 Å². The van der Waals surface area contributed by atoms with Gasteiger partial charge in [0.2, 0.25) is 0 Å². The van der Waals surface area contributed by atoms with E-state index in [1.807, 2.05) is 25.2 Å². The molecule has 0 atom stereocenters. The SMILES string of the molecule is CNc1cccc(C)c1COc1ccc(-c2ccccc2)cc1. The first-order valence-electron chi connectivity index (χ1n) is 7.82. The van der Waals surface area contributed by atoms with E-state index in [9.17, 15) is 0 Å². The summed E-state index contributed by atoms with van der Waals surface area (Å²) >= 11 is 0. The van der Waals surface area contributed by atoms with Gasteiger partial charge in [-0.3, -0.25) is 0 Å². The molecule has 0 spiro atoms. The highest BCUT2D eigenvalue weighted by Crippen LogP contribution is 2.24. The Kier molecular flexibility index (Phi) is 4.62. The smallest absolute Gasteiger partial charge is 0.119 e. The van der Waals surface area contributed by atoms with Gasteiger partial charge in [-0.05, 0) is 41.8 Å². The summed E-state index contributed by atoms with van der Waals surface area (Å²) in [5, 5.41) is 3.22. The number of aryl methyl sites for hydroxylation is 1. The normalized spacial score (nSPS) is 10.3. The topological polar surface area (TPSA) is 21.3 Å². The van der Waals surface area contributed by atoms with Crippen LogP contribution < -0.4 is 10.1 Å². The van der Waals surface area contributed by atoms with Gasteiger partial charge in [-0.25, -0.2) is 0 Å². The van der Waals surface area contributed by atoms with Gasteiger partial charge in [0.15, 0.2) is 0 Å². The third-order valence-corrected chi connectivity index (χ3v) is 4.02. The molecule has 0 heterocycles. The van der Waals surface area contributed by atoms with Gasteiger partial charge in [-0.15, -0.1) is 0 Å². The quantitative estimate of drug-likeness (QED) is 0.692. The van der Waals surface area contributed by atoms with Gasteiger partial charge in [-0.1, -0.05) is 54.6 Å². The lowest BCUT2D eigenvalue weighted by atomic mass is 10.1. The first-order valence-corrected chi connectivity index (χ1v) is 7.82. The Labute approximate surface area is 137 Å². The van der Waals surface area contributed by atoms with Crippen molar-refractivity contribution < 1.29 is 4.74 Å². The van der Waals surface area contributed by atoms with Crippen molar-refractivity contribution in [2.75, 3.05) is 12.4 Å². The van der Waals surface area contributed by atoms with Gasteiger partial charge in [0.05, 0.1) is 0 Å². The van der Waals surface area contributed by atoms with Gasteiger partial charge in [0.1, 0.15) is 12.4 Å². The Morgan fingerprint density at radius 1 is 0.783 bits per heavy atom. The maximum absolute atomic E-state index is 5.97. The molecular formula is C21H21NO. The highest BCUT2D eigenvalue weighted by Gasteiger charge is 2.05. The van der Waals surface area contributed by atoms with Crippen LogP contribution in [0.4, 0.5) is 5.69 Å². The summed E-state index contributed by atoms with van der Waals surface area (Å²) in [4.78, 5) is 0. The maximum Gasteiger partial charge on any atom is 0.119 e. The molecule has 0 aliphatic carbocycles. The molecule has 0 amide bonds. The summed E-state index contributed by atoms with van der Waals surface area (Å²) in [7, 11) is 1.94. The van der Waals surface area contributed by atoms with E-state index in [1.54, 1.807) is 0 Å². The summed E-state index contributed by atoms with van der Waals surface area (Å²) in [6, 6.07) is 24.9. The van der Waals surface area contributed by atoms with E-state index >= 15 is 0 Å². The number of rotatable bonds is 5. The van der Waals surface area contributed by atoms with Crippen molar-refractivity contribution in [2.45, 2.75) is 13.5 Å². The molecule has 0 unspecified atom stereocenters. The molecule has 0 saturated heterocycles. The summed E-state index contributed by atoms with van der Waals surface area (Å²) in [5.74, 6) is 0.884. The summed E-state index contributed by atoms with van der Waals surface area (Å²) in [6.07, 6.45) is 0. The number of ether oxygens (including phenoxy) is 1. The van der Waals surface area contributed by atoms with Crippen molar-refractivity contribution >= 4 is 5.69 Å². The molecule has 3 rings (SSSR count). The van der Waals surface area contributed by atoms with Crippen molar-refractivity contribution in [3.05, 3.63) is 83.9 Å². The highest BCUT2D eigenvalue weighted by molar-refractivity contribution is 5.64. The van der Waals surface area contributed by atoms with Crippen LogP contribution in [0.3, 0.4) is 0 Å². The molecular weight excluding hydrogens is 282 g/mol. The van der Waals surface area contributed by atoms with Crippen LogP contribution >= 0.6 is 0 Å². The lowest BCUT2D eigenvalue weighted by Crippen LogP contribution is -2.02. The Morgan fingerprint density at radius 3 is 2.17 bits per heavy atom. The van der Waals surface area contributed by atoms with Gasteiger partial charge in [0, 0.05) is 18.3 Å². The maximum atomic E-state index is 5.97. The average Bonchev–Trinajstić information content (AvgIpc) is 2.61. The fourth-order valence-electron chi connectivity index (χ4n) is 2.66. The summed E-state index contributed by atoms with van der Waals surface area (Å²) in [6.45, 7) is 2.67. The standard InChI is InChI=1S/C21H21NO/c1-16-7-6-10-21(22-2)20(16)15-23-19-13-11-18(12-14-19)17-8-4-3-5-9-17/h3-14,22H,15H2,1-2H3. The first-order chi connectivity index (χ1) is 11.3. The van der Waals surface area contributed by atoms with Crippen molar-refractivity contribution in [1.82, 2.24) is 0 Å². The Hall–Kier alpha value is -2.74. The number of anilines is 1. The van der Waals surface area contributed by atoms with Gasteiger partial charge >= 0.3 is 0 Å². The first kappa shape index (κ1) is 15.2. The van der Waals surface area contributed by atoms with Crippen LogP contribution in [-0.4, -0.2) is 7.05 Å². The van der Waals surface area contributed by atoms with E-state index in [0.717, 1.165) is 11.4 Å². The fraction of sp³-hybridized carbons (Fsp3) is 0.143. The van der Waals surface area contributed by atoms with Gasteiger partial charge in [-0.2, -0.15) is 0 Å². The van der Waals surface area contributed by atoms with Crippen molar-refractivity contribution in [3.63, 3.8) is 0 Å². The number of hydrogen-bond acceptors (Lipinski definition) is 2. The second-order valence-electron chi connectivity index (χ2n) is 5.53. The van der Waals surface area contributed by atoms with Crippen molar-refractivity contribution in [2.24, 2.45) is 0 Å². The second-order valence-corrected chi connectivity index (χ2v) is 5.53. The van der Waals surface area contributed by atoms with Crippen molar-refractivity contribution in [3.8, 4) is 16.9 Å². The van der Waals surface area contributed by atoms with Crippen LogP contribution in [0.25, 0.3) is 11.1 Å². The van der Waals surface area contributed by atoms with Gasteiger partial charge < -0.3 is 10.1 Å². The minimum Gasteiger partial charge on any atom is -0.489 e. The molecule has 116 valence electrons. The molecule has 0 radical (unpaired) electrons. The van der Waals surface area contributed by atoms with Crippen LogP contribution in [0.15, 0.2) is 72.8 Å². The van der Waals surface area contributed by atoms with E-state index in [4.69, 9.17) is 4.74 Å². The monoisotopic (exact) mass is 303 g/mol. The Bertz CT molecular complexity index is 764. The number of nitrogens with one attached hydrogen (secondary N) is 1. The lowest BCUT2D eigenvalue weighted by molar-refractivity contribution is 0.306. The molecule has 2 heteroatoms. The molecule has 0 saturated carbocycles. The lowest BCUT2D eigenvalue weighted by Gasteiger charge is -2.13. The van der Waals surface area contributed by atoms with E-state index in [1.165, 1.54) is 22.3 Å². The third kappa shape index (κ3) is 3.54. The second kappa shape index (κ2) is 7.01. The number of hydrogen-bond donors (Lipinski definition) is 1. The zero-order valence-electron chi connectivity index (χ0n) is 13.5. The number of benzene rings is 3. The molecule has 0 aliphatic rings. The van der Waals surface area contributed by atoms with E-state index < -0.39 is 0 Å². The average molecular weight is 303 g/mol. The molecule has 1 N–H and O–H groups in total. The van der Waals surface area contributed by atoms with E-state index in [-0.39, 0.29) is 0 Å². The van der Waals surface area contributed by atoms with Crippen LogP contribution in [0.2, 0.25) is 0 Å². The van der Waals surface area contributed by atoms with Crippen LogP contribution in [0.1, 0.15) is 11.1 Å². The molecule has 0 bridgehead atoms. The minimum atomic E-state index is 0.563. The fourth-order valence-corrected chi connectivity index (χ4v) is 2.66. The molecule has 3 aromatic carbocycles. The van der Waals surface area contributed by atoms with Crippen LogP contribution in [-0.2, 0) is 6.61 Å². The predicted molar refractivity (Wildman–Crippen MR) is 96.9 cm³/mol. The Balaban J connectivity index is 1.73. The molecule has 3 aromatic rings. The molecule has 23 heavy (non-hydrogen) atoms. The molecule has 0 aromatic heterocycles. The van der Waals surface area contributed by atoms with Gasteiger partial charge in [0.25, 0.3) is 0 Å². The molecule has 0 aliphatic heterocycles. The zero-order valence-corrected chi connectivity index (χ0v) is 13.5. The predicted octanol–water partition coefficient (Wildman–Crippen LogP) is 5.28. The molecule has 0 fully saturated rings. The summed E-state index contributed by atoms with van der Waals surface area (Å²) in [5.41, 5.74) is 5.96. The van der Waals surface area contributed by atoms with Crippen LogP contribution in [0.5, 0.6) is 5.75 Å². The highest BCUT2D eigenvalue weighted by atomic mass is 16.5. The third-order valence-electron chi connectivity index (χ3n) is 4.02. The Morgan fingerprint density at radius 2 is 1.48 bits per heavy atom. The minimum absolute atomic E-state index is 0.563. The van der Waals surface area contributed by atoms with E-state index in [2.05, 4.69) is 66.8 Å². The molecule has 2 nitrogen and oxygen atoms in total. The zero-order chi connectivity index (χ0) is 16.1. The largest absolute Gasteiger partial charge is 0.489 e.